The molecule has 0 unspecified atom stereocenters. The summed E-state index contributed by atoms with van der Waals surface area (Å²) < 4.78 is 6.81. The number of carboxylic acids is 1. The third-order valence-corrected chi connectivity index (χ3v) is 2.68. The predicted molar refractivity (Wildman–Crippen MR) is 54.6 cm³/mol. The van der Waals surface area contributed by atoms with Crippen LogP contribution in [-0.2, 0) is 6.54 Å². The second kappa shape index (κ2) is 3.69. The van der Waals surface area contributed by atoms with E-state index in [0.717, 1.165) is 18.7 Å². The molecule has 1 saturated carbocycles. The van der Waals surface area contributed by atoms with Gasteiger partial charge in [0.25, 0.3) is 0 Å². The van der Waals surface area contributed by atoms with Crippen LogP contribution in [-0.4, -0.2) is 31.3 Å². The first-order chi connectivity index (χ1) is 8.24. The van der Waals surface area contributed by atoms with Crippen LogP contribution in [0.5, 0.6) is 0 Å². The van der Waals surface area contributed by atoms with Crippen LogP contribution < -0.4 is 0 Å². The van der Waals surface area contributed by atoms with Crippen LogP contribution in [0, 0.1) is 0 Å². The molecule has 3 rings (SSSR count). The van der Waals surface area contributed by atoms with Crippen LogP contribution in [0.15, 0.2) is 16.5 Å². The van der Waals surface area contributed by atoms with Gasteiger partial charge in [0.1, 0.15) is 12.3 Å². The van der Waals surface area contributed by atoms with Crippen molar-refractivity contribution in [2.75, 3.05) is 0 Å². The molecule has 0 aliphatic heterocycles. The lowest BCUT2D eigenvalue weighted by Gasteiger charge is -2.00. The third-order valence-electron chi connectivity index (χ3n) is 2.68. The Balaban J connectivity index is 1.81. The molecule has 0 bridgehead atoms. The summed E-state index contributed by atoms with van der Waals surface area (Å²) >= 11 is 0. The third kappa shape index (κ3) is 1.91. The molecule has 1 aliphatic rings. The Hall–Kier alpha value is -2.18. The van der Waals surface area contributed by atoms with Gasteiger partial charge >= 0.3 is 5.97 Å². The molecule has 0 aromatic carbocycles. The highest BCUT2D eigenvalue weighted by atomic mass is 16.4. The SMILES string of the molecule is O=C(O)c1ccc(Cn2nnnc2C2CC2)o1. The number of rotatable bonds is 4. The van der Waals surface area contributed by atoms with Crippen molar-refractivity contribution in [2.45, 2.75) is 25.3 Å². The Kier molecular flexibility index (Phi) is 2.17. The summed E-state index contributed by atoms with van der Waals surface area (Å²) in [7, 11) is 0. The second-order valence-electron chi connectivity index (χ2n) is 4.04. The van der Waals surface area contributed by atoms with Crippen LogP contribution in [0.25, 0.3) is 0 Å². The summed E-state index contributed by atoms with van der Waals surface area (Å²) in [6.45, 7) is 0.367. The van der Waals surface area contributed by atoms with Gasteiger partial charge in [-0.05, 0) is 35.4 Å². The summed E-state index contributed by atoms with van der Waals surface area (Å²) in [6, 6.07) is 3.06. The molecule has 0 radical (unpaired) electrons. The lowest BCUT2D eigenvalue weighted by atomic mass is 10.4. The maximum atomic E-state index is 10.7. The van der Waals surface area contributed by atoms with Gasteiger partial charge in [0.2, 0.25) is 5.76 Å². The highest BCUT2D eigenvalue weighted by molar-refractivity contribution is 5.84. The van der Waals surface area contributed by atoms with Crippen molar-refractivity contribution in [1.29, 1.82) is 0 Å². The number of aromatic nitrogens is 4. The first-order valence-electron chi connectivity index (χ1n) is 5.32. The largest absolute Gasteiger partial charge is 0.475 e. The first-order valence-corrected chi connectivity index (χ1v) is 5.32. The summed E-state index contributed by atoms with van der Waals surface area (Å²) in [5, 5.41) is 20.2. The van der Waals surface area contributed by atoms with Gasteiger partial charge in [0, 0.05) is 5.92 Å². The Morgan fingerprint density at radius 2 is 2.35 bits per heavy atom. The maximum absolute atomic E-state index is 10.7. The fraction of sp³-hybridized carbons (Fsp3) is 0.400. The van der Waals surface area contributed by atoms with E-state index < -0.39 is 5.97 Å². The molecule has 17 heavy (non-hydrogen) atoms. The highest BCUT2D eigenvalue weighted by Crippen LogP contribution is 2.38. The van der Waals surface area contributed by atoms with Crippen LogP contribution in [0.1, 0.15) is 40.9 Å². The first kappa shape index (κ1) is 10.0. The van der Waals surface area contributed by atoms with Gasteiger partial charge in [0.05, 0.1) is 0 Å². The topological polar surface area (TPSA) is 94.0 Å². The molecule has 1 aliphatic carbocycles. The molecule has 7 nitrogen and oxygen atoms in total. The summed E-state index contributed by atoms with van der Waals surface area (Å²) in [5.74, 6) is 0.685. The lowest BCUT2D eigenvalue weighted by Crippen LogP contribution is -2.05. The van der Waals surface area contributed by atoms with Crippen molar-refractivity contribution in [3.8, 4) is 0 Å². The van der Waals surface area contributed by atoms with Crippen molar-refractivity contribution in [3.05, 3.63) is 29.5 Å². The van der Waals surface area contributed by atoms with E-state index in [2.05, 4.69) is 15.5 Å². The van der Waals surface area contributed by atoms with Crippen LogP contribution in [0.3, 0.4) is 0 Å². The minimum atomic E-state index is -1.07. The van der Waals surface area contributed by atoms with E-state index >= 15 is 0 Å². The van der Waals surface area contributed by atoms with E-state index in [-0.39, 0.29) is 5.76 Å². The van der Waals surface area contributed by atoms with Crippen LogP contribution >= 0.6 is 0 Å². The molecular weight excluding hydrogens is 224 g/mol. The zero-order valence-corrected chi connectivity index (χ0v) is 8.91. The zero-order chi connectivity index (χ0) is 11.8. The van der Waals surface area contributed by atoms with E-state index in [9.17, 15) is 4.79 Å². The molecule has 1 N–H and O–H groups in total. The lowest BCUT2D eigenvalue weighted by molar-refractivity contribution is 0.0660. The van der Waals surface area contributed by atoms with E-state index in [0.29, 0.717) is 18.2 Å². The number of hydrogen-bond donors (Lipinski definition) is 1. The zero-order valence-electron chi connectivity index (χ0n) is 8.91. The number of carboxylic acid groups (broad SMARTS) is 1. The van der Waals surface area contributed by atoms with Gasteiger partial charge in [-0.25, -0.2) is 9.48 Å². The molecule has 0 atom stereocenters. The average Bonchev–Trinajstić information content (AvgIpc) is 2.86. The van der Waals surface area contributed by atoms with E-state index in [1.807, 2.05) is 0 Å². The summed E-state index contributed by atoms with van der Waals surface area (Å²) in [6.07, 6.45) is 2.22. The van der Waals surface area contributed by atoms with Gasteiger partial charge < -0.3 is 9.52 Å². The van der Waals surface area contributed by atoms with Crippen LogP contribution in [0.4, 0.5) is 0 Å². The van der Waals surface area contributed by atoms with Gasteiger partial charge in [0.15, 0.2) is 5.82 Å². The Morgan fingerprint density at radius 1 is 1.53 bits per heavy atom. The smallest absolute Gasteiger partial charge is 0.371 e. The molecule has 7 heteroatoms. The van der Waals surface area contributed by atoms with Gasteiger partial charge in [-0.2, -0.15) is 0 Å². The van der Waals surface area contributed by atoms with Gasteiger partial charge in [-0.1, -0.05) is 0 Å². The van der Waals surface area contributed by atoms with E-state index in [1.54, 1.807) is 10.7 Å². The number of nitrogens with zero attached hydrogens (tertiary/aromatic N) is 4. The Morgan fingerprint density at radius 3 is 3.00 bits per heavy atom. The minimum Gasteiger partial charge on any atom is -0.475 e. The maximum Gasteiger partial charge on any atom is 0.371 e. The van der Waals surface area contributed by atoms with Gasteiger partial charge in [-0.15, -0.1) is 5.10 Å². The summed E-state index contributed by atoms with van der Waals surface area (Å²) in [5.41, 5.74) is 0. The number of furan rings is 1. The fourth-order valence-electron chi connectivity index (χ4n) is 1.68. The van der Waals surface area contributed by atoms with Crippen molar-refractivity contribution in [1.82, 2.24) is 20.2 Å². The van der Waals surface area contributed by atoms with Crippen molar-refractivity contribution in [2.24, 2.45) is 0 Å². The molecular formula is C10H10N4O3. The number of tetrazole rings is 1. The van der Waals surface area contributed by atoms with E-state index in [4.69, 9.17) is 9.52 Å². The highest BCUT2D eigenvalue weighted by Gasteiger charge is 2.29. The molecule has 0 spiro atoms. The summed E-state index contributed by atoms with van der Waals surface area (Å²) in [4.78, 5) is 10.7. The number of hydrogen-bond acceptors (Lipinski definition) is 5. The minimum absolute atomic E-state index is 0.0685. The molecule has 0 amide bonds. The quantitative estimate of drug-likeness (QED) is 0.844. The average molecular weight is 234 g/mol. The van der Waals surface area contributed by atoms with Gasteiger partial charge in [-0.3, -0.25) is 0 Å². The van der Waals surface area contributed by atoms with Crippen molar-refractivity contribution in [3.63, 3.8) is 0 Å². The normalized spacial score (nSPS) is 15.1. The molecule has 2 heterocycles. The predicted octanol–water partition coefficient (Wildman–Crippen LogP) is 0.890. The number of aromatic carboxylic acids is 1. The van der Waals surface area contributed by atoms with E-state index in [1.165, 1.54) is 6.07 Å². The fourth-order valence-corrected chi connectivity index (χ4v) is 1.68. The molecule has 2 aromatic rings. The molecule has 88 valence electrons. The monoisotopic (exact) mass is 234 g/mol. The molecule has 2 aromatic heterocycles. The van der Waals surface area contributed by atoms with Crippen LogP contribution in [0.2, 0.25) is 0 Å². The molecule has 1 fully saturated rings. The van der Waals surface area contributed by atoms with Crippen molar-refractivity contribution >= 4 is 5.97 Å². The second-order valence-corrected chi connectivity index (χ2v) is 4.04. The Bertz CT molecular complexity index is 555. The Labute approximate surface area is 96.0 Å². The standard InChI is InChI=1S/C10H10N4O3/c15-10(16)8-4-3-7(17-8)5-14-9(6-1-2-6)11-12-13-14/h3-4,6H,1-2,5H2,(H,15,16). The number of carbonyl (C=O) groups is 1. The van der Waals surface area contributed by atoms with Crippen molar-refractivity contribution < 1.29 is 14.3 Å². The molecule has 0 saturated heterocycles.